The predicted octanol–water partition coefficient (Wildman–Crippen LogP) is 6.33. The minimum absolute atomic E-state index is 0.00617. The molecule has 3 unspecified atom stereocenters. The summed E-state index contributed by atoms with van der Waals surface area (Å²) >= 11 is 0. The van der Waals surface area contributed by atoms with Gasteiger partial charge in [-0.3, -0.25) is 4.79 Å². The molecule has 0 amide bonds. The molecule has 1 aliphatic carbocycles. The van der Waals surface area contributed by atoms with Crippen molar-refractivity contribution in [2.45, 2.75) is 50.2 Å². The first-order valence-corrected chi connectivity index (χ1v) is 13.1. The fourth-order valence-corrected chi connectivity index (χ4v) is 4.74. The largest absolute Gasteiger partial charge is 0.484 e. The summed E-state index contributed by atoms with van der Waals surface area (Å²) in [5.41, 5.74) is 12.5. The van der Waals surface area contributed by atoms with Gasteiger partial charge in [0.05, 0.1) is 5.69 Å². The molecule has 1 heterocycles. The molecule has 0 saturated heterocycles. The molecule has 8 nitrogen and oxygen atoms in total. The van der Waals surface area contributed by atoms with Gasteiger partial charge in [-0.15, -0.1) is 0 Å². The Bertz CT molecular complexity index is 1460. The Morgan fingerprint density at radius 3 is 2.35 bits per heavy atom. The fourth-order valence-electron chi connectivity index (χ4n) is 4.74. The molecular weight excluding hydrogens is 582 g/mol. The maximum absolute atomic E-state index is 14.4. The van der Waals surface area contributed by atoms with Crippen molar-refractivity contribution < 1.29 is 45.7 Å². The third-order valence-electron chi connectivity index (χ3n) is 6.80. The van der Waals surface area contributed by atoms with Gasteiger partial charge >= 0.3 is 18.3 Å². The molecule has 0 bridgehead atoms. The number of ether oxygens (including phenoxy) is 2. The Kier molecular flexibility index (Phi) is 9.48. The van der Waals surface area contributed by atoms with Crippen molar-refractivity contribution in [1.29, 1.82) is 0 Å². The molecule has 1 aliphatic rings. The maximum atomic E-state index is 14.4. The number of rotatable bonds is 10. The summed E-state index contributed by atoms with van der Waals surface area (Å²) in [7, 11) is 0. The first kappa shape index (κ1) is 31.6. The third kappa shape index (κ3) is 8.60. The molecule has 0 aliphatic heterocycles. The number of alkyl halides is 6. The number of nitrogens with two attached hydrogens (primary N) is 2. The van der Waals surface area contributed by atoms with Gasteiger partial charge in [-0.2, -0.15) is 31.3 Å². The third-order valence-corrected chi connectivity index (χ3v) is 6.80. The normalized spacial score (nSPS) is 17.1. The molecule has 0 spiro atoms. The topological polar surface area (TPSA) is 134 Å². The van der Waals surface area contributed by atoms with Gasteiger partial charge in [0.1, 0.15) is 11.8 Å². The van der Waals surface area contributed by atoms with Crippen molar-refractivity contribution in [2.75, 3.05) is 12.3 Å². The van der Waals surface area contributed by atoms with Crippen LogP contribution in [0.15, 0.2) is 60.7 Å². The van der Waals surface area contributed by atoms with Crippen molar-refractivity contribution >= 4 is 17.5 Å². The van der Waals surface area contributed by atoms with E-state index in [4.69, 9.17) is 26.0 Å². The number of carbonyl (C=O) groups is 1. The molecule has 0 radical (unpaired) electrons. The zero-order chi connectivity index (χ0) is 31.4. The van der Waals surface area contributed by atoms with E-state index in [1.54, 1.807) is 36.4 Å². The molecule has 3 aromatic rings. The Balaban J connectivity index is 1.65. The highest BCUT2D eigenvalue weighted by Gasteiger charge is 2.45. The lowest BCUT2D eigenvalue weighted by Crippen LogP contribution is -2.32. The van der Waals surface area contributed by atoms with E-state index in [-0.39, 0.29) is 24.0 Å². The highest BCUT2D eigenvalue weighted by molar-refractivity contribution is 5.73. The summed E-state index contributed by atoms with van der Waals surface area (Å²) in [4.78, 5) is 18.9. The van der Waals surface area contributed by atoms with Crippen LogP contribution < -0.4 is 20.9 Å². The molecular formula is C29H28F6N4O4. The molecule has 2 aromatic carbocycles. The van der Waals surface area contributed by atoms with Gasteiger partial charge in [0.25, 0.3) is 0 Å². The smallest absolute Gasteiger partial charge is 0.429 e. The maximum Gasteiger partial charge on any atom is 0.429 e. The fraction of sp³-hybridized carbons (Fsp3) is 0.345. The van der Waals surface area contributed by atoms with E-state index in [1.165, 1.54) is 12.1 Å². The quantitative estimate of drug-likeness (QED) is 0.227. The van der Waals surface area contributed by atoms with Crippen LogP contribution >= 0.6 is 0 Å². The van der Waals surface area contributed by atoms with E-state index in [0.717, 1.165) is 12.1 Å². The number of hydrogen-bond acceptors (Lipinski definition) is 7. The minimum Gasteiger partial charge on any atom is -0.484 e. The molecule has 230 valence electrons. The van der Waals surface area contributed by atoms with Crippen LogP contribution in [0.1, 0.15) is 43.0 Å². The second kappa shape index (κ2) is 12.9. The number of allylic oxidation sites excluding steroid dienone is 2. The number of nitrogen functional groups attached to an aromatic ring is 1. The van der Waals surface area contributed by atoms with Crippen molar-refractivity contribution in [3.63, 3.8) is 0 Å². The van der Waals surface area contributed by atoms with Gasteiger partial charge in [0.15, 0.2) is 6.61 Å². The first-order valence-electron chi connectivity index (χ1n) is 13.1. The average Bonchev–Trinajstić information content (AvgIpc) is 2.94. The van der Waals surface area contributed by atoms with Crippen LogP contribution in [0.5, 0.6) is 11.6 Å². The van der Waals surface area contributed by atoms with E-state index in [1.807, 2.05) is 0 Å². The SMILES string of the molecule is Nc1nc(OC(c2ccc(-c3ccccc3)cc2OCC(F)(F)F)C(F)(F)F)cc(C2=CCC(CC(N)C(=O)O)CC2)n1. The Morgan fingerprint density at radius 2 is 1.74 bits per heavy atom. The number of benzene rings is 2. The highest BCUT2D eigenvalue weighted by Crippen LogP contribution is 2.43. The van der Waals surface area contributed by atoms with Crippen LogP contribution in [0, 0.1) is 5.92 Å². The van der Waals surface area contributed by atoms with E-state index in [2.05, 4.69) is 9.97 Å². The second-order valence-corrected chi connectivity index (χ2v) is 10.1. The zero-order valence-corrected chi connectivity index (χ0v) is 22.5. The van der Waals surface area contributed by atoms with Crippen molar-refractivity contribution in [2.24, 2.45) is 11.7 Å². The van der Waals surface area contributed by atoms with Crippen molar-refractivity contribution in [1.82, 2.24) is 9.97 Å². The summed E-state index contributed by atoms with van der Waals surface area (Å²) in [5, 5.41) is 9.04. The summed E-state index contributed by atoms with van der Waals surface area (Å²) in [5.74, 6) is -2.70. The van der Waals surface area contributed by atoms with Gasteiger partial charge in [0.2, 0.25) is 17.9 Å². The lowest BCUT2D eigenvalue weighted by Gasteiger charge is -2.25. The Hall–Kier alpha value is -4.33. The van der Waals surface area contributed by atoms with Crippen LogP contribution in [-0.4, -0.2) is 46.0 Å². The van der Waals surface area contributed by atoms with Gasteiger partial charge < -0.3 is 26.0 Å². The predicted molar refractivity (Wildman–Crippen MR) is 145 cm³/mol. The van der Waals surface area contributed by atoms with Gasteiger partial charge in [-0.05, 0) is 54.4 Å². The number of hydrogen-bond donors (Lipinski definition) is 3. The number of carboxylic acid groups (broad SMARTS) is 1. The summed E-state index contributed by atoms with van der Waals surface area (Å²) in [6, 6.07) is 11.9. The Labute approximate surface area is 242 Å². The first-order chi connectivity index (χ1) is 20.2. The van der Waals surface area contributed by atoms with Gasteiger partial charge in [-0.1, -0.05) is 48.5 Å². The minimum atomic E-state index is -5.09. The molecule has 5 N–H and O–H groups in total. The van der Waals surface area contributed by atoms with Crippen LogP contribution in [0.2, 0.25) is 0 Å². The molecule has 3 atom stereocenters. The summed E-state index contributed by atoms with van der Waals surface area (Å²) < 4.78 is 92.3. The zero-order valence-electron chi connectivity index (χ0n) is 22.5. The van der Waals surface area contributed by atoms with Crippen LogP contribution in [0.4, 0.5) is 32.3 Å². The lowest BCUT2D eigenvalue weighted by atomic mass is 9.84. The van der Waals surface area contributed by atoms with E-state index in [9.17, 15) is 31.1 Å². The van der Waals surface area contributed by atoms with Crippen molar-refractivity contribution in [3.8, 4) is 22.8 Å². The van der Waals surface area contributed by atoms with Crippen LogP contribution in [-0.2, 0) is 4.79 Å². The van der Waals surface area contributed by atoms with Gasteiger partial charge in [-0.25, -0.2) is 4.98 Å². The number of nitrogens with zero attached hydrogens (tertiary/aromatic N) is 2. The summed E-state index contributed by atoms with van der Waals surface area (Å²) in [6.45, 7) is -1.82. The van der Waals surface area contributed by atoms with E-state index >= 15 is 0 Å². The van der Waals surface area contributed by atoms with Crippen LogP contribution in [0.3, 0.4) is 0 Å². The molecule has 4 rings (SSSR count). The highest BCUT2D eigenvalue weighted by atomic mass is 19.4. The monoisotopic (exact) mass is 610 g/mol. The number of aromatic nitrogens is 2. The number of halogens is 6. The molecule has 0 fully saturated rings. The lowest BCUT2D eigenvalue weighted by molar-refractivity contribution is -0.199. The molecule has 1 aromatic heterocycles. The number of aliphatic carboxylic acids is 1. The average molecular weight is 611 g/mol. The van der Waals surface area contributed by atoms with E-state index in [0.29, 0.717) is 36.0 Å². The second-order valence-electron chi connectivity index (χ2n) is 10.1. The van der Waals surface area contributed by atoms with Gasteiger partial charge in [0, 0.05) is 11.6 Å². The molecule has 14 heteroatoms. The standard InChI is InChI=1S/C29H28F6N4O4/c30-28(31,32)15-42-23-13-19(17-4-2-1-3-5-17)10-11-20(23)25(29(33,34)35)43-24-14-22(38-27(37)39-24)18-8-6-16(7-9-18)12-21(36)26(40)41/h1-5,8,10-11,13-14,16,21,25H,6-7,9,12,15,36H2,(H,40,41)(H2,37,38,39). The molecule has 0 saturated carbocycles. The Morgan fingerprint density at radius 1 is 1.02 bits per heavy atom. The molecule has 43 heavy (non-hydrogen) atoms. The number of anilines is 1. The van der Waals surface area contributed by atoms with E-state index < -0.39 is 54.3 Å². The number of carboxylic acids is 1. The summed E-state index contributed by atoms with van der Waals surface area (Å²) in [6.07, 6.45) is -9.17. The van der Waals surface area contributed by atoms with Crippen molar-refractivity contribution in [3.05, 3.63) is 71.9 Å². The van der Waals surface area contributed by atoms with Crippen LogP contribution in [0.25, 0.3) is 16.7 Å².